The number of carboxylic acids is 1. The molecule has 0 radical (unpaired) electrons. The van der Waals surface area contributed by atoms with Crippen LogP contribution in [-0.2, 0) is 19.7 Å². The first-order valence-corrected chi connectivity index (χ1v) is 6.22. The van der Waals surface area contributed by atoms with Crippen LogP contribution in [0, 0.1) is 0 Å². The molecule has 1 N–H and O–H groups in total. The van der Waals surface area contributed by atoms with Crippen LogP contribution in [0.1, 0.15) is 18.4 Å². The summed E-state index contributed by atoms with van der Waals surface area (Å²) in [4.78, 5) is 11.6. The lowest BCUT2D eigenvalue weighted by molar-refractivity contribution is -0.243. The molecule has 0 aromatic heterocycles. The molecule has 1 aliphatic heterocycles. The van der Waals surface area contributed by atoms with Crippen LogP contribution >= 0.6 is 11.6 Å². The van der Waals surface area contributed by atoms with Crippen molar-refractivity contribution in [2.75, 3.05) is 13.2 Å². The number of carboxylic acid groups (broad SMARTS) is 1. The third-order valence-corrected chi connectivity index (χ3v) is 4.01. The third-order valence-electron chi connectivity index (χ3n) is 3.76. The molecule has 0 unspecified atom stereocenters. The molecule has 1 spiro atoms. The molecule has 1 aromatic rings. The van der Waals surface area contributed by atoms with Crippen LogP contribution in [0.25, 0.3) is 0 Å². The Morgan fingerprint density at radius 2 is 1.72 bits per heavy atom. The average Bonchev–Trinajstić information content (AvgIpc) is 2.76. The summed E-state index contributed by atoms with van der Waals surface area (Å²) in [6.45, 7) is 1.08. The molecule has 1 saturated heterocycles. The number of aliphatic carboxylic acids is 1. The van der Waals surface area contributed by atoms with E-state index >= 15 is 0 Å². The molecule has 1 aliphatic carbocycles. The number of ether oxygens (including phenoxy) is 2. The van der Waals surface area contributed by atoms with E-state index in [4.69, 9.17) is 21.1 Å². The third kappa shape index (κ3) is 1.64. The van der Waals surface area contributed by atoms with Gasteiger partial charge in [-0.1, -0.05) is 23.7 Å². The zero-order chi connectivity index (χ0) is 12.8. The molecule has 5 heteroatoms. The van der Waals surface area contributed by atoms with E-state index in [1.165, 1.54) is 0 Å². The van der Waals surface area contributed by atoms with Crippen LogP contribution < -0.4 is 0 Å². The quantitative estimate of drug-likeness (QED) is 0.893. The molecular weight excluding hydrogens is 256 g/mol. The lowest BCUT2D eigenvalue weighted by Gasteiger charge is -2.50. The number of carbonyl (C=O) groups is 1. The van der Waals surface area contributed by atoms with Gasteiger partial charge in [-0.15, -0.1) is 0 Å². The Bertz CT molecular complexity index is 468. The lowest BCUT2D eigenvalue weighted by atomic mass is 9.60. The van der Waals surface area contributed by atoms with Gasteiger partial charge >= 0.3 is 5.97 Å². The van der Waals surface area contributed by atoms with Crippen molar-refractivity contribution in [2.45, 2.75) is 24.0 Å². The van der Waals surface area contributed by atoms with E-state index in [1.807, 2.05) is 0 Å². The zero-order valence-electron chi connectivity index (χ0n) is 9.69. The van der Waals surface area contributed by atoms with Gasteiger partial charge in [0.2, 0.25) is 0 Å². The molecule has 1 aromatic carbocycles. The first kappa shape index (κ1) is 12.0. The van der Waals surface area contributed by atoms with Crippen molar-refractivity contribution >= 4 is 17.6 Å². The summed E-state index contributed by atoms with van der Waals surface area (Å²) in [5.74, 6) is -1.52. The van der Waals surface area contributed by atoms with Crippen LogP contribution in [0.5, 0.6) is 0 Å². The van der Waals surface area contributed by atoms with E-state index in [0.717, 1.165) is 5.56 Å². The van der Waals surface area contributed by atoms with E-state index in [2.05, 4.69) is 0 Å². The molecule has 1 heterocycles. The standard InChI is InChI=1S/C13H13ClO4/c14-10-3-1-9(2-4-10)12(11(15)16)7-13(8-12)17-5-6-18-13/h1-4H,5-8H2,(H,15,16). The number of hydrogen-bond acceptors (Lipinski definition) is 3. The van der Waals surface area contributed by atoms with Gasteiger partial charge in [0.05, 0.1) is 13.2 Å². The van der Waals surface area contributed by atoms with Crippen molar-refractivity contribution in [2.24, 2.45) is 0 Å². The summed E-state index contributed by atoms with van der Waals surface area (Å²) < 4.78 is 11.0. The SMILES string of the molecule is O=C(O)C1(c2ccc(Cl)cc2)CC2(C1)OCCO2. The number of hydrogen-bond donors (Lipinski definition) is 1. The zero-order valence-corrected chi connectivity index (χ0v) is 10.4. The summed E-state index contributed by atoms with van der Waals surface area (Å²) in [7, 11) is 0. The Kier molecular flexibility index (Phi) is 2.62. The predicted octanol–water partition coefficient (Wildman–Crippen LogP) is 2.20. The summed E-state index contributed by atoms with van der Waals surface area (Å²) in [6.07, 6.45) is 0.716. The highest BCUT2D eigenvalue weighted by Crippen LogP contribution is 2.54. The van der Waals surface area contributed by atoms with Gasteiger partial charge in [-0.25, -0.2) is 0 Å². The van der Waals surface area contributed by atoms with E-state index in [-0.39, 0.29) is 0 Å². The van der Waals surface area contributed by atoms with E-state index in [0.29, 0.717) is 31.1 Å². The summed E-state index contributed by atoms with van der Waals surface area (Å²) in [5.41, 5.74) is -0.154. The fraction of sp³-hybridized carbons (Fsp3) is 0.462. The van der Waals surface area contributed by atoms with Crippen molar-refractivity contribution in [3.05, 3.63) is 34.9 Å². The normalized spacial score (nSPS) is 23.8. The van der Waals surface area contributed by atoms with Crippen LogP contribution in [0.2, 0.25) is 5.02 Å². The Morgan fingerprint density at radius 3 is 2.22 bits per heavy atom. The molecule has 0 amide bonds. The van der Waals surface area contributed by atoms with E-state index < -0.39 is 17.2 Å². The molecule has 0 bridgehead atoms. The lowest BCUT2D eigenvalue weighted by Crippen LogP contribution is -2.59. The maximum absolute atomic E-state index is 11.6. The van der Waals surface area contributed by atoms with Crippen LogP contribution in [-0.4, -0.2) is 30.1 Å². The van der Waals surface area contributed by atoms with Gasteiger partial charge in [0.25, 0.3) is 0 Å². The second kappa shape index (κ2) is 3.95. The average molecular weight is 269 g/mol. The van der Waals surface area contributed by atoms with Gasteiger partial charge in [-0.2, -0.15) is 0 Å². The first-order chi connectivity index (χ1) is 8.56. The minimum Gasteiger partial charge on any atom is -0.481 e. The van der Waals surface area contributed by atoms with E-state index in [9.17, 15) is 9.90 Å². The van der Waals surface area contributed by atoms with Gasteiger partial charge in [-0.05, 0) is 17.7 Å². The highest BCUT2D eigenvalue weighted by molar-refractivity contribution is 6.30. The number of halogens is 1. The van der Waals surface area contributed by atoms with Gasteiger partial charge in [0, 0.05) is 17.9 Å². The van der Waals surface area contributed by atoms with Crippen LogP contribution in [0.4, 0.5) is 0 Å². The minimum absolute atomic E-state index is 0.358. The molecule has 96 valence electrons. The second-order valence-corrected chi connectivity index (χ2v) is 5.29. The van der Waals surface area contributed by atoms with Crippen LogP contribution in [0.15, 0.2) is 24.3 Å². The highest BCUT2D eigenvalue weighted by Gasteiger charge is 2.63. The predicted molar refractivity (Wildman–Crippen MR) is 64.6 cm³/mol. The summed E-state index contributed by atoms with van der Waals surface area (Å²) in [5, 5.41) is 10.1. The maximum Gasteiger partial charge on any atom is 0.314 e. The Hall–Kier alpha value is -1.10. The van der Waals surface area contributed by atoms with Crippen molar-refractivity contribution in [1.29, 1.82) is 0 Å². The fourth-order valence-electron chi connectivity index (χ4n) is 2.82. The summed E-state index contributed by atoms with van der Waals surface area (Å²) >= 11 is 5.83. The fourth-order valence-corrected chi connectivity index (χ4v) is 2.94. The molecule has 2 aliphatic rings. The maximum atomic E-state index is 11.6. The Labute approximate surface area is 109 Å². The van der Waals surface area contributed by atoms with Crippen molar-refractivity contribution in [1.82, 2.24) is 0 Å². The monoisotopic (exact) mass is 268 g/mol. The van der Waals surface area contributed by atoms with Crippen molar-refractivity contribution < 1.29 is 19.4 Å². The van der Waals surface area contributed by atoms with Crippen molar-refractivity contribution in [3.63, 3.8) is 0 Å². The Balaban J connectivity index is 1.90. The molecule has 1 saturated carbocycles. The van der Waals surface area contributed by atoms with Gasteiger partial charge < -0.3 is 14.6 Å². The van der Waals surface area contributed by atoms with Crippen molar-refractivity contribution in [3.8, 4) is 0 Å². The van der Waals surface area contributed by atoms with Gasteiger partial charge in [0.1, 0.15) is 5.41 Å². The Morgan fingerprint density at radius 1 is 1.17 bits per heavy atom. The van der Waals surface area contributed by atoms with E-state index in [1.54, 1.807) is 24.3 Å². The van der Waals surface area contributed by atoms with Gasteiger partial charge in [0.15, 0.2) is 5.79 Å². The minimum atomic E-state index is -0.908. The first-order valence-electron chi connectivity index (χ1n) is 5.84. The molecule has 3 rings (SSSR count). The molecule has 4 nitrogen and oxygen atoms in total. The number of benzene rings is 1. The van der Waals surface area contributed by atoms with Crippen LogP contribution in [0.3, 0.4) is 0 Å². The molecule has 2 fully saturated rings. The second-order valence-electron chi connectivity index (χ2n) is 4.86. The topological polar surface area (TPSA) is 55.8 Å². The molecule has 0 atom stereocenters. The summed E-state index contributed by atoms with van der Waals surface area (Å²) in [6, 6.07) is 6.95. The molecule has 18 heavy (non-hydrogen) atoms. The van der Waals surface area contributed by atoms with Gasteiger partial charge in [-0.3, -0.25) is 4.79 Å². The number of rotatable bonds is 2. The highest BCUT2D eigenvalue weighted by atomic mass is 35.5. The molecular formula is C13H13ClO4. The largest absolute Gasteiger partial charge is 0.481 e. The smallest absolute Gasteiger partial charge is 0.314 e.